The van der Waals surface area contributed by atoms with Crippen LogP contribution in [0.1, 0.15) is 24.8 Å². The first kappa shape index (κ1) is 10.8. The molecule has 0 aliphatic carbocycles. The van der Waals surface area contributed by atoms with E-state index < -0.39 is 0 Å². The number of carbonyl (C=O) groups excluding carboxylic acids is 1. The van der Waals surface area contributed by atoms with E-state index in [4.69, 9.17) is 4.74 Å². The van der Waals surface area contributed by atoms with Crippen LogP contribution >= 0.6 is 11.3 Å². The average molecular weight is 224 g/mol. The van der Waals surface area contributed by atoms with Crippen molar-refractivity contribution in [1.82, 2.24) is 0 Å². The molecule has 2 rings (SSSR count). The molecule has 1 aliphatic rings. The van der Waals surface area contributed by atoms with Gasteiger partial charge in [-0.15, -0.1) is 0 Å². The van der Waals surface area contributed by atoms with Crippen LogP contribution in [0.25, 0.3) is 0 Å². The summed E-state index contributed by atoms with van der Waals surface area (Å²) in [6.07, 6.45) is 3.36. The predicted molar refractivity (Wildman–Crippen MR) is 61.2 cm³/mol. The highest BCUT2D eigenvalue weighted by atomic mass is 32.1. The van der Waals surface area contributed by atoms with Crippen molar-refractivity contribution in [1.29, 1.82) is 0 Å². The first-order chi connectivity index (χ1) is 7.34. The van der Waals surface area contributed by atoms with Crippen molar-refractivity contribution in [2.45, 2.75) is 25.7 Å². The van der Waals surface area contributed by atoms with E-state index in [0.29, 0.717) is 24.5 Å². The van der Waals surface area contributed by atoms with Crippen LogP contribution in [0.3, 0.4) is 0 Å². The Kier molecular flexibility index (Phi) is 3.92. The Labute approximate surface area is 94.3 Å². The Balaban J connectivity index is 1.68. The zero-order valence-electron chi connectivity index (χ0n) is 8.78. The molecule has 1 atom stereocenters. The normalized spacial score (nSPS) is 20.7. The highest BCUT2D eigenvalue weighted by molar-refractivity contribution is 7.07. The molecule has 1 aromatic rings. The molecule has 1 saturated heterocycles. The fourth-order valence-electron chi connectivity index (χ4n) is 1.89. The average Bonchev–Trinajstić information content (AvgIpc) is 2.86. The molecule has 1 aliphatic heterocycles. The summed E-state index contributed by atoms with van der Waals surface area (Å²) in [5, 5.41) is 4.18. The number of aryl methyl sites for hydroxylation is 1. The Hall–Kier alpha value is -0.670. The fraction of sp³-hybridized carbons (Fsp3) is 0.583. The number of carbonyl (C=O) groups is 1. The van der Waals surface area contributed by atoms with Gasteiger partial charge in [0.1, 0.15) is 5.78 Å². The van der Waals surface area contributed by atoms with Gasteiger partial charge in [0, 0.05) is 26.1 Å². The zero-order valence-corrected chi connectivity index (χ0v) is 9.59. The van der Waals surface area contributed by atoms with E-state index in [2.05, 4.69) is 16.8 Å². The molecule has 2 heterocycles. The van der Waals surface area contributed by atoms with Gasteiger partial charge in [-0.2, -0.15) is 11.3 Å². The molecular weight excluding hydrogens is 208 g/mol. The van der Waals surface area contributed by atoms with Crippen molar-refractivity contribution < 1.29 is 9.53 Å². The summed E-state index contributed by atoms with van der Waals surface area (Å²) in [6, 6.07) is 2.09. The Morgan fingerprint density at radius 1 is 1.60 bits per heavy atom. The molecule has 1 unspecified atom stereocenters. The highest BCUT2D eigenvalue weighted by Crippen LogP contribution is 2.18. The molecule has 0 saturated carbocycles. The molecular formula is C12H16O2S. The van der Waals surface area contributed by atoms with Gasteiger partial charge in [0.05, 0.1) is 0 Å². The minimum atomic E-state index is 0.386. The second-order valence-corrected chi connectivity index (χ2v) is 4.88. The third-order valence-corrected chi connectivity index (χ3v) is 3.55. The number of hydrogen-bond donors (Lipinski definition) is 0. The van der Waals surface area contributed by atoms with Gasteiger partial charge in [-0.3, -0.25) is 4.79 Å². The molecule has 0 bridgehead atoms. The van der Waals surface area contributed by atoms with E-state index in [1.54, 1.807) is 11.3 Å². The van der Waals surface area contributed by atoms with E-state index in [0.717, 1.165) is 26.1 Å². The lowest BCUT2D eigenvalue weighted by molar-refractivity contribution is -0.119. The molecule has 1 fully saturated rings. The van der Waals surface area contributed by atoms with Gasteiger partial charge in [-0.25, -0.2) is 0 Å². The van der Waals surface area contributed by atoms with Crippen molar-refractivity contribution in [2.24, 2.45) is 5.92 Å². The maximum Gasteiger partial charge on any atom is 0.133 e. The number of ether oxygens (including phenoxy) is 1. The minimum Gasteiger partial charge on any atom is -0.381 e. The Bertz CT molecular complexity index is 299. The lowest BCUT2D eigenvalue weighted by atomic mass is 9.99. The molecule has 82 valence electrons. The standard InChI is InChI=1S/C12H16O2S/c13-12(7-11-3-5-14-8-11)2-1-10-4-6-15-9-10/h4,6,9,11H,1-3,5,7-8H2. The Morgan fingerprint density at radius 3 is 3.20 bits per heavy atom. The Morgan fingerprint density at radius 2 is 2.53 bits per heavy atom. The summed E-state index contributed by atoms with van der Waals surface area (Å²) in [6.45, 7) is 1.62. The summed E-state index contributed by atoms with van der Waals surface area (Å²) in [5.74, 6) is 0.872. The van der Waals surface area contributed by atoms with Crippen molar-refractivity contribution >= 4 is 17.1 Å². The van der Waals surface area contributed by atoms with Gasteiger partial charge >= 0.3 is 0 Å². The van der Waals surface area contributed by atoms with Gasteiger partial charge < -0.3 is 4.74 Å². The second kappa shape index (κ2) is 5.42. The van der Waals surface area contributed by atoms with Crippen LogP contribution in [0, 0.1) is 5.92 Å². The van der Waals surface area contributed by atoms with Gasteiger partial charge in [-0.05, 0) is 41.1 Å². The van der Waals surface area contributed by atoms with Crippen molar-refractivity contribution in [3.05, 3.63) is 22.4 Å². The van der Waals surface area contributed by atoms with Gasteiger partial charge in [-0.1, -0.05) is 0 Å². The van der Waals surface area contributed by atoms with Crippen LogP contribution in [0.5, 0.6) is 0 Å². The molecule has 0 amide bonds. The fourth-order valence-corrected chi connectivity index (χ4v) is 2.59. The molecule has 0 N–H and O–H groups in total. The first-order valence-corrected chi connectivity index (χ1v) is 6.39. The zero-order chi connectivity index (χ0) is 10.5. The largest absolute Gasteiger partial charge is 0.381 e. The number of rotatable bonds is 5. The molecule has 1 aromatic heterocycles. The topological polar surface area (TPSA) is 26.3 Å². The van der Waals surface area contributed by atoms with Crippen LogP contribution in [0.4, 0.5) is 0 Å². The summed E-state index contributed by atoms with van der Waals surface area (Å²) in [4.78, 5) is 11.6. The monoisotopic (exact) mass is 224 g/mol. The van der Waals surface area contributed by atoms with Crippen LogP contribution in [-0.4, -0.2) is 19.0 Å². The summed E-state index contributed by atoms with van der Waals surface area (Å²) in [7, 11) is 0. The number of Topliss-reactive ketones (excluding diaryl/α,β-unsaturated/α-hetero) is 1. The number of ketones is 1. The highest BCUT2D eigenvalue weighted by Gasteiger charge is 2.18. The predicted octanol–water partition coefficient (Wildman–Crippen LogP) is 2.68. The van der Waals surface area contributed by atoms with Crippen LogP contribution in [0.2, 0.25) is 0 Å². The molecule has 15 heavy (non-hydrogen) atoms. The molecule has 0 radical (unpaired) electrons. The quantitative estimate of drug-likeness (QED) is 0.768. The molecule has 3 heteroatoms. The SMILES string of the molecule is O=C(CCc1ccsc1)CC1CCOC1. The van der Waals surface area contributed by atoms with Crippen molar-refractivity contribution in [2.75, 3.05) is 13.2 Å². The van der Waals surface area contributed by atoms with Gasteiger partial charge in [0.2, 0.25) is 0 Å². The van der Waals surface area contributed by atoms with E-state index >= 15 is 0 Å². The van der Waals surface area contributed by atoms with Gasteiger partial charge in [0.15, 0.2) is 0 Å². The number of hydrogen-bond acceptors (Lipinski definition) is 3. The smallest absolute Gasteiger partial charge is 0.133 e. The maximum atomic E-state index is 11.6. The molecule has 0 spiro atoms. The van der Waals surface area contributed by atoms with E-state index in [1.807, 2.05) is 0 Å². The molecule has 0 aromatic carbocycles. The second-order valence-electron chi connectivity index (χ2n) is 4.10. The summed E-state index contributed by atoms with van der Waals surface area (Å²) < 4.78 is 5.26. The van der Waals surface area contributed by atoms with Crippen LogP contribution in [-0.2, 0) is 16.0 Å². The molecule has 2 nitrogen and oxygen atoms in total. The maximum absolute atomic E-state index is 11.6. The number of thiophene rings is 1. The van der Waals surface area contributed by atoms with E-state index in [-0.39, 0.29) is 0 Å². The van der Waals surface area contributed by atoms with Crippen molar-refractivity contribution in [3.8, 4) is 0 Å². The summed E-state index contributed by atoms with van der Waals surface area (Å²) >= 11 is 1.69. The van der Waals surface area contributed by atoms with Crippen LogP contribution in [0.15, 0.2) is 16.8 Å². The third-order valence-electron chi connectivity index (χ3n) is 2.81. The van der Waals surface area contributed by atoms with E-state index in [9.17, 15) is 4.79 Å². The lowest BCUT2D eigenvalue weighted by Crippen LogP contribution is -2.08. The summed E-state index contributed by atoms with van der Waals surface area (Å²) in [5.41, 5.74) is 1.29. The minimum absolute atomic E-state index is 0.386. The lowest BCUT2D eigenvalue weighted by Gasteiger charge is -2.05. The van der Waals surface area contributed by atoms with Gasteiger partial charge in [0.25, 0.3) is 0 Å². The van der Waals surface area contributed by atoms with Crippen LogP contribution < -0.4 is 0 Å². The first-order valence-electron chi connectivity index (χ1n) is 5.45. The van der Waals surface area contributed by atoms with Crippen molar-refractivity contribution in [3.63, 3.8) is 0 Å². The third kappa shape index (κ3) is 3.43. The van der Waals surface area contributed by atoms with E-state index in [1.165, 1.54) is 5.56 Å².